The Labute approximate surface area is 164 Å². The molecule has 1 aliphatic heterocycles. The molecule has 2 N–H and O–H groups in total. The number of hydrogen-bond donors (Lipinski definition) is 2. The monoisotopic (exact) mass is 412 g/mol. The van der Waals surface area contributed by atoms with Gasteiger partial charge < -0.3 is 9.84 Å². The number of anilines is 1. The molecular formula is C20H20F4N2O3. The fourth-order valence-corrected chi connectivity index (χ4v) is 3.49. The van der Waals surface area contributed by atoms with Crippen LogP contribution in [0.5, 0.6) is 0 Å². The largest absolute Gasteiger partial charge is 0.466 e. The number of hydrazine groups is 1. The summed E-state index contributed by atoms with van der Waals surface area (Å²) < 4.78 is 60.6. The average molecular weight is 412 g/mol. The standard InChI is InChI=1S/C20H20F4N2O3/c1-2-29-17(27)15-16(13-9-5-3-6-10-13)26(14-11-7-4-8-12-14)25-20(15,28)19(23,24)18(21)22/h3-12,15-16,18,25,28H,2H2,1H3. The number of nitrogens with one attached hydrogen (secondary N) is 1. The topological polar surface area (TPSA) is 61.8 Å². The molecule has 1 saturated heterocycles. The predicted molar refractivity (Wildman–Crippen MR) is 97.3 cm³/mol. The van der Waals surface area contributed by atoms with Crippen molar-refractivity contribution in [2.24, 2.45) is 5.92 Å². The van der Waals surface area contributed by atoms with E-state index in [1.165, 1.54) is 19.1 Å². The van der Waals surface area contributed by atoms with Crippen molar-refractivity contribution in [1.82, 2.24) is 5.43 Å². The second kappa shape index (κ2) is 8.00. The first-order valence-electron chi connectivity index (χ1n) is 8.96. The molecule has 0 aliphatic carbocycles. The highest BCUT2D eigenvalue weighted by molar-refractivity contribution is 5.77. The van der Waals surface area contributed by atoms with E-state index in [9.17, 15) is 27.5 Å². The number of esters is 1. The molecule has 1 heterocycles. The number of hydrogen-bond acceptors (Lipinski definition) is 5. The molecule has 0 amide bonds. The maximum Gasteiger partial charge on any atom is 0.351 e. The van der Waals surface area contributed by atoms with Gasteiger partial charge >= 0.3 is 18.3 Å². The first-order chi connectivity index (χ1) is 13.7. The van der Waals surface area contributed by atoms with Crippen molar-refractivity contribution in [2.75, 3.05) is 11.6 Å². The number of ether oxygens (including phenoxy) is 1. The minimum absolute atomic E-state index is 0.168. The Morgan fingerprint density at radius 3 is 2.24 bits per heavy atom. The molecule has 0 spiro atoms. The van der Waals surface area contributed by atoms with Gasteiger partial charge in [-0.2, -0.15) is 14.2 Å². The van der Waals surface area contributed by atoms with Gasteiger partial charge in [0.1, 0.15) is 5.92 Å². The van der Waals surface area contributed by atoms with Gasteiger partial charge in [0, 0.05) is 0 Å². The van der Waals surface area contributed by atoms with E-state index in [1.807, 2.05) is 0 Å². The van der Waals surface area contributed by atoms with Gasteiger partial charge in [0.2, 0.25) is 5.72 Å². The summed E-state index contributed by atoms with van der Waals surface area (Å²) in [5.74, 6) is -8.19. The summed E-state index contributed by atoms with van der Waals surface area (Å²) in [4.78, 5) is 12.7. The first kappa shape index (κ1) is 21.1. The van der Waals surface area contributed by atoms with Crippen LogP contribution in [0.4, 0.5) is 23.2 Å². The first-order valence-corrected chi connectivity index (χ1v) is 8.96. The van der Waals surface area contributed by atoms with Crippen LogP contribution in [0.1, 0.15) is 18.5 Å². The van der Waals surface area contributed by atoms with Crippen LogP contribution in [-0.2, 0) is 9.53 Å². The van der Waals surface area contributed by atoms with Gasteiger partial charge in [-0.05, 0) is 24.6 Å². The van der Waals surface area contributed by atoms with Crippen LogP contribution in [0, 0.1) is 5.92 Å². The zero-order valence-corrected chi connectivity index (χ0v) is 15.4. The molecule has 0 bridgehead atoms. The maximum absolute atomic E-state index is 14.6. The van der Waals surface area contributed by atoms with Crippen LogP contribution in [0.2, 0.25) is 0 Å². The van der Waals surface area contributed by atoms with E-state index in [0.717, 1.165) is 5.01 Å². The summed E-state index contributed by atoms with van der Waals surface area (Å²) in [7, 11) is 0. The molecule has 0 aromatic heterocycles. The minimum Gasteiger partial charge on any atom is -0.466 e. The smallest absolute Gasteiger partial charge is 0.351 e. The molecule has 29 heavy (non-hydrogen) atoms. The van der Waals surface area contributed by atoms with E-state index in [1.54, 1.807) is 48.5 Å². The Morgan fingerprint density at radius 1 is 1.17 bits per heavy atom. The zero-order valence-electron chi connectivity index (χ0n) is 15.4. The van der Waals surface area contributed by atoms with Crippen molar-refractivity contribution in [2.45, 2.75) is 31.0 Å². The van der Waals surface area contributed by atoms with Crippen LogP contribution in [0.3, 0.4) is 0 Å². The van der Waals surface area contributed by atoms with Gasteiger partial charge in [0.25, 0.3) is 0 Å². The summed E-state index contributed by atoms with van der Waals surface area (Å²) >= 11 is 0. The van der Waals surface area contributed by atoms with Gasteiger partial charge in [-0.3, -0.25) is 9.80 Å². The molecule has 0 radical (unpaired) electrons. The van der Waals surface area contributed by atoms with Gasteiger partial charge in [-0.1, -0.05) is 48.5 Å². The summed E-state index contributed by atoms with van der Waals surface area (Å²) in [6, 6.07) is 14.8. The van der Waals surface area contributed by atoms with Crippen molar-refractivity contribution < 1.29 is 32.2 Å². The second-order valence-corrected chi connectivity index (χ2v) is 6.59. The van der Waals surface area contributed by atoms with E-state index >= 15 is 0 Å². The van der Waals surface area contributed by atoms with Crippen molar-refractivity contribution in [1.29, 1.82) is 0 Å². The Bertz CT molecular complexity index is 838. The average Bonchev–Trinajstić information content (AvgIpc) is 3.04. The van der Waals surface area contributed by atoms with E-state index in [2.05, 4.69) is 5.43 Å². The normalized spacial score (nSPS) is 24.7. The van der Waals surface area contributed by atoms with Crippen molar-refractivity contribution in [3.05, 3.63) is 66.2 Å². The molecule has 5 nitrogen and oxygen atoms in total. The maximum atomic E-state index is 14.6. The summed E-state index contributed by atoms with van der Waals surface area (Å²) in [5.41, 5.74) is -0.812. The van der Waals surface area contributed by atoms with Crippen LogP contribution in [-0.4, -0.2) is 35.8 Å². The van der Waals surface area contributed by atoms with Crippen molar-refractivity contribution in [3.8, 4) is 0 Å². The van der Waals surface area contributed by atoms with E-state index in [0.29, 0.717) is 11.3 Å². The number of carbonyl (C=O) groups excluding carboxylic acids is 1. The van der Waals surface area contributed by atoms with Crippen molar-refractivity contribution >= 4 is 11.7 Å². The third-order valence-electron chi connectivity index (χ3n) is 4.83. The number of benzene rings is 2. The molecule has 2 aromatic rings. The van der Waals surface area contributed by atoms with Gasteiger partial charge in [0.15, 0.2) is 0 Å². The molecule has 1 aliphatic rings. The molecule has 3 rings (SSSR count). The number of aliphatic hydroxyl groups is 1. The molecule has 2 aromatic carbocycles. The Hall–Kier alpha value is -2.65. The van der Waals surface area contributed by atoms with Gasteiger partial charge in [-0.25, -0.2) is 8.78 Å². The highest BCUT2D eigenvalue weighted by Gasteiger charge is 2.72. The third-order valence-corrected chi connectivity index (χ3v) is 4.83. The molecule has 156 valence electrons. The lowest BCUT2D eigenvalue weighted by molar-refractivity contribution is -0.265. The zero-order chi connectivity index (χ0) is 21.2. The molecule has 0 saturated carbocycles. The minimum atomic E-state index is -4.94. The second-order valence-electron chi connectivity index (χ2n) is 6.59. The number of rotatable bonds is 6. The van der Waals surface area contributed by atoms with Gasteiger partial charge in [0.05, 0.1) is 18.3 Å². The van der Waals surface area contributed by atoms with Crippen LogP contribution in [0.15, 0.2) is 60.7 Å². The number of para-hydroxylation sites is 1. The fourth-order valence-electron chi connectivity index (χ4n) is 3.49. The number of halogens is 4. The highest BCUT2D eigenvalue weighted by Crippen LogP contribution is 2.50. The van der Waals surface area contributed by atoms with E-state index in [4.69, 9.17) is 4.74 Å². The molecule has 1 fully saturated rings. The summed E-state index contributed by atoms with van der Waals surface area (Å²) in [6.45, 7) is 1.29. The molecule has 3 unspecified atom stereocenters. The fraction of sp³-hybridized carbons (Fsp3) is 0.350. The highest BCUT2D eigenvalue weighted by atomic mass is 19.3. The lowest BCUT2D eigenvalue weighted by Gasteiger charge is -2.35. The molecular weight excluding hydrogens is 392 g/mol. The molecule has 9 heteroatoms. The van der Waals surface area contributed by atoms with Crippen molar-refractivity contribution in [3.63, 3.8) is 0 Å². The summed E-state index contributed by atoms with van der Waals surface area (Å²) in [6.07, 6.45) is -4.22. The van der Waals surface area contributed by atoms with Crippen LogP contribution in [0.25, 0.3) is 0 Å². The Morgan fingerprint density at radius 2 is 1.72 bits per heavy atom. The predicted octanol–water partition coefficient (Wildman–Crippen LogP) is 3.52. The SMILES string of the molecule is CCOC(=O)C1C(c2ccccc2)N(c2ccccc2)NC1(O)C(F)(F)C(F)F. The number of nitrogens with zero attached hydrogens (tertiary/aromatic N) is 1. The van der Waals surface area contributed by atoms with Crippen LogP contribution >= 0.6 is 0 Å². The molecule has 3 atom stereocenters. The lowest BCUT2D eigenvalue weighted by atomic mass is 9.83. The van der Waals surface area contributed by atoms with E-state index in [-0.39, 0.29) is 6.61 Å². The number of carbonyl (C=O) groups is 1. The van der Waals surface area contributed by atoms with Gasteiger partial charge in [-0.15, -0.1) is 0 Å². The number of alkyl halides is 4. The third kappa shape index (κ3) is 3.56. The Kier molecular flexibility index (Phi) is 5.81. The van der Waals surface area contributed by atoms with E-state index < -0.39 is 36.0 Å². The summed E-state index contributed by atoms with van der Waals surface area (Å²) in [5, 5.41) is 11.9. The Balaban J connectivity index is 2.21. The van der Waals surface area contributed by atoms with Crippen LogP contribution < -0.4 is 10.4 Å². The quantitative estimate of drug-likeness (QED) is 0.562. The lowest BCUT2D eigenvalue weighted by Crippen LogP contribution is -2.65.